The number of carbonyl (C=O) groups excluding carboxylic acids is 1. The fourth-order valence-electron chi connectivity index (χ4n) is 3.24. The summed E-state index contributed by atoms with van der Waals surface area (Å²) in [4.78, 5) is 17.4. The number of fused-ring (bicyclic) bond motifs is 1. The van der Waals surface area contributed by atoms with Gasteiger partial charge in [-0.1, -0.05) is 6.07 Å². The predicted molar refractivity (Wildman–Crippen MR) is 101 cm³/mol. The van der Waals surface area contributed by atoms with Crippen LogP contribution in [-0.2, 0) is 11.2 Å². The Morgan fingerprint density at radius 3 is 2.76 bits per heavy atom. The monoisotopic (exact) mass is 372 g/mol. The Bertz CT molecular complexity index is 858. The van der Waals surface area contributed by atoms with Crippen LogP contribution in [0.15, 0.2) is 53.2 Å². The minimum atomic E-state index is -0.309. The molecule has 128 valence electrons. The zero-order chi connectivity index (χ0) is 17.2. The number of anilines is 1. The van der Waals surface area contributed by atoms with Gasteiger partial charge in [0.15, 0.2) is 0 Å². The molecular formula is C19H17FN2OS2. The molecule has 1 atom stereocenters. The van der Waals surface area contributed by atoms with E-state index in [1.807, 2.05) is 0 Å². The molecule has 0 unspecified atom stereocenters. The summed E-state index contributed by atoms with van der Waals surface area (Å²) < 4.78 is 13.0. The lowest BCUT2D eigenvalue weighted by molar-refractivity contribution is -0.117. The molecule has 0 saturated heterocycles. The average Bonchev–Trinajstić information content (AvgIpc) is 3.28. The van der Waals surface area contributed by atoms with Crippen LogP contribution in [0.5, 0.6) is 0 Å². The summed E-state index contributed by atoms with van der Waals surface area (Å²) in [6.07, 6.45) is 0.971. The lowest BCUT2D eigenvalue weighted by atomic mass is 9.98. The second kappa shape index (κ2) is 7.07. The lowest BCUT2D eigenvalue weighted by Crippen LogP contribution is -2.40. The van der Waals surface area contributed by atoms with Gasteiger partial charge in [-0.2, -0.15) is 0 Å². The molecule has 2 aromatic heterocycles. The number of hydrogen-bond acceptors (Lipinski definition) is 4. The van der Waals surface area contributed by atoms with Crippen LogP contribution in [0, 0.1) is 5.82 Å². The minimum Gasteiger partial charge on any atom is -0.325 e. The van der Waals surface area contributed by atoms with E-state index < -0.39 is 0 Å². The van der Waals surface area contributed by atoms with Crippen LogP contribution in [0.3, 0.4) is 0 Å². The number of hydrogen-bond donors (Lipinski definition) is 1. The Morgan fingerprint density at radius 2 is 2.00 bits per heavy atom. The maximum Gasteiger partial charge on any atom is 0.238 e. The molecule has 0 aliphatic carbocycles. The maximum absolute atomic E-state index is 13.0. The Labute approximate surface area is 153 Å². The topological polar surface area (TPSA) is 32.3 Å². The van der Waals surface area contributed by atoms with Gasteiger partial charge in [-0.25, -0.2) is 4.39 Å². The zero-order valence-electron chi connectivity index (χ0n) is 13.4. The first kappa shape index (κ1) is 16.4. The molecule has 25 heavy (non-hydrogen) atoms. The normalized spacial score (nSPS) is 17.2. The first-order chi connectivity index (χ1) is 12.2. The van der Waals surface area contributed by atoms with Gasteiger partial charge < -0.3 is 5.32 Å². The van der Waals surface area contributed by atoms with Gasteiger partial charge in [-0.05, 0) is 59.1 Å². The van der Waals surface area contributed by atoms with Crippen LogP contribution in [0.1, 0.15) is 21.4 Å². The van der Waals surface area contributed by atoms with Crippen molar-refractivity contribution in [3.63, 3.8) is 0 Å². The number of amides is 1. The van der Waals surface area contributed by atoms with E-state index >= 15 is 0 Å². The molecule has 0 saturated carbocycles. The molecule has 3 aromatic rings. The van der Waals surface area contributed by atoms with Crippen LogP contribution < -0.4 is 5.32 Å². The standard InChI is InChI=1S/C19H17FN2OS2/c20-13-3-5-14(6-4-13)21-18(23)12-22-9-7-16-15(8-11-25-16)19(22)17-2-1-10-24-17/h1-6,8,10-11,19H,7,9,12H2,(H,21,23)/t19-/m1/s1. The zero-order valence-corrected chi connectivity index (χ0v) is 15.1. The third-order valence-corrected chi connectivity index (χ3v) is 6.27. The summed E-state index contributed by atoms with van der Waals surface area (Å²) in [5.41, 5.74) is 1.93. The van der Waals surface area contributed by atoms with Gasteiger partial charge in [-0.15, -0.1) is 22.7 Å². The fourth-order valence-corrected chi connectivity index (χ4v) is 5.02. The number of nitrogens with one attached hydrogen (secondary N) is 1. The molecule has 0 bridgehead atoms. The average molecular weight is 372 g/mol. The van der Waals surface area contributed by atoms with Crippen molar-refractivity contribution in [1.29, 1.82) is 0 Å². The van der Waals surface area contributed by atoms with Gasteiger partial charge in [0.25, 0.3) is 0 Å². The first-order valence-electron chi connectivity index (χ1n) is 8.10. The SMILES string of the molecule is O=C(CN1CCc2sccc2[C@@H]1c1cccs1)Nc1ccc(F)cc1. The number of rotatable bonds is 4. The van der Waals surface area contributed by atoms with Crippen LogP contribution in [-0.4, -0.2) is 23.9 Å². The van der Waals surface area contributed by atoms with Crippen molar-refractivity contribution in [3.8, 4) is 0 Å². The highest BCUT2D eigenvalue weighted by Crippen LogP contribution is 2.39. The van der Waals surface area contributed by atoms with E-state index in [2.05, 4.69) is 39.2 Å². The molecule has 4 rings (SSSR count). The Balaban J connectivity index is 1.52. The Morgan fingerprint density at radius 1 is 1.16 bits per heavy atom. The Hall–Kier alpha value is -2.02. The van der Waals surface area contributed by atoms with E-state index in [4.69, 9.17) is 0 Å². The van der Waals surface area contributed by atoms with Crippen molar-refractivity contribution in [2.24, 2.45) is 0 Å². The van der Waals surface area contributed by atoms with E-state index in [0.29, 0.717) is 12.2 Å². The molecule has 1 amide bonds. The van der Waals surface area contributed by atoms with Crippen molar-refractivity contribution in [2.75, 3.05) is 18.4 Å². The van der Waals surface area contributed by atoms with E-state index in [9.17, 15) is 9.18 Å². The van der Waals surface area contributed by atoms with Gasteiger partial charge in [-0.3, -0.25) is 9.69 Å². The van der Waals surface area contributed by atoms with Crippen LogP contribution in [0.25, 0.3) is 0 Å². The molecule has 0 spiro atoms. The van der Waals surface area contributed by atoms with E-state index in [0.717, 1.165) is 13.0 Å². The van der Waals surface area contributed by atoms with Crippen molar-refractivity contribution in [1.82, 2.24) is 4.90 Å². The largest absolute Gasteiger partial charge is 0.325 e. The summed E-state index contributed by atoms with van der Waals surface area (Å²) in [6.45, 7) is 1.17. The first-order valence-corrected chi connectivity index (χ1v) is 9.86. The lowest BCUT2D eigenvalue weighted by Gasteiger charge is -2.34. The summed E-state index contributed by atoms with van der Waals surface area (Å²) in [5, 5.41) is 7.07. The second-order valence-electron chi connectivity index (χ2n) is 5.99. The number of nitrogens with zero attached hydrogens (tertiary/aromatic N) is 1. The van der Waals surface area contributed by atoms with Crippen LogP contribution in [0.4, 0.5) is 10.1 Å². The molecular weight excluding hydrogens is 355 g/mol. The Kier molecular flexibility index (Phi) is 4.65. The number of benzene rings is 1. The number of carbonyl (C=O) groups is 1. The molecule has 0 fully saturated rings. The molecule has 6 heteroatoms. The highest BCUT2D eigenvalue weighted by Gasteiger charge is 2.31. The van der Waals surface area contributed by atoms with Gasteiger partial charge in [0.1, 0.15) is 5.82 Å². The summed E-state index contributed by atoms with van der Waals surface area (Å²) in [5.74, 6) is -0.386. The second-order valence-corrected chi connectivity index (χ2v) is 7.97. The maximum atomic E-state index is 13.0. The molecule has 3 heterocycles. The molecule has 3 nitrogen and oxygen atoms in total. The summed E-state index contributed by atoms with van der Waals surface area (Å²) in [6, 6.07) is 12.4. The molecule has 1 aromatic carbocycles. The van der Waals surface area contributed by atoms with E-state index in [-0.39, 0.29) is 17.8 Å². The predicted octanol–water partition coefficient (Wildman–Crippen LogP) is 4.53. The third-order valence-electron chi connectivity index (χ3n) is 4.35. The molecule has 1 N–H and O–H groups in total. The van der Waals surface area contributed by atoms with Crippen LogP contribution >= 0.6 is 22.7 Å². The smallest absolute Gasteiger partial charge is 0.238 e. The van der Waals surface area contributed by atoms with Crippen molar-refractivity contribution in [3.05, 3.63) is 74.4 Å². The quantitative estimate of drug-likeness (QED) is 0.729. The van der Waals surface area contributed by atoms with E-state index in [1.54, 1.807) is 34.8 Å². The van der Waals surface area contributed by atoms with Gasteiger partial charge in [0, 0.05) is 22.0 Å². The molecule has 0 radical (unpaired) electrons. The highest BCUT2D eigenvalue weighted by atomic mass is 32.1. The van der Waals surface area contributed by atoms with Crippen LogP contribution in [0.2, 0.25) is 0 Å². The van der Waals surface area contributed by atoms with Gasteiger partial charge >= 0.3 is 0 Å². The van der Waals surface area contributed by atoms with Crippen molar-refractivity contribution >= 4 is 34.3 Å². The number of halogens is 1. The molecule has 1 aliphatic rings. The van der Waals surface area contributed by atoms with Gasteiger partial charge in [0.2, 0.25) is 5.91 Å². The highest BCUT2D eigenvalue weighted by molar-refractivity contribution is 7.10. The minimum absolute atomic E-state index is 0.0770. The van der Waals surface area contributed by atoms with E-state index in [1.165, 1.54) is 27.5 Å². The van der Waals surface area contributed by atoms with Crippen molar-refractivity contribution in [2.45, 2.75) is 12.5 Å². The van der Waals surface area contributed by atoms with Crippen molar-refractivity contribution < 1.29 is 9.18 Å². The fraction of sp³-hybridized carbons (Fsp3) is 0.211. The summed E-state index contributed by atoms with van der Waals surface area (Å²) >= 11 is 3.52. The third kappa shape index (κ3) is 3.51. The van der Waals surface area contributed by atoms with Gasteiger partial charge in [0.05, 0.1) is 12.6 Å². The number of thiophene rings is 2. The molecule has 1 aliphatic heterocycles. The summed E-state index contributed by atoms with van der Waals surface area (Å²) in [7, 11) is 0.